The maximum atomic E-state index is 13.1. The summed E-state index contributed by atoms with van der Waals surface area (Å²) in [5.74, 6) is -0.500. The molecule has 0 unspecified atom stereocenters. The molecule has 8 nitrogen and oxygen atoms in total. The summed E-state index contributed by atoms with van der Waals surface area (Å²) in [6, 6.07) is 8.70. The Morgan fingerprint density at radius 2 is 1.85 bits per heavy atom. The molecule has 2 heterocycles. The fourth-order valence-corrected chi connectivity index (χ4v) is 2.62. The van der Waals surface area contributed by atoms with Gasteiger partial charge in [-0.2, -0.15) is 0 Å². The maximum Gasteiger partial charge on any atom is 0.345 e. The van der Waals surface area contributed by atoms with E-state index < -0.39 is 11.5 Å². The van der Waals surface area contributed by atoms with E-state index in [2.05, 4.69) is 10.4 Å². The van der Waals surface area contributed by atoms with Crippen LogP contribution in [0.3, 0.4) is 0 Å². The molecule has 0 atom stereocenters. The van der Waals surface area contributed by atoms with Gasteiger partial charge in [0.1, 0.15) is 11.4 Å². The first kappa shape index (κ1) is 18.3. The molecule has 0 bridgehead atoms. The number of carbonyl (C=O) groups is 1. The molecule has 9 heteroatoms. The number of amides is 1. The number of nitrogens with one attached hydrogen (secondary N) is 1. The first-order valence-corrected chi connectivity index (χ1v) is 8.22. The van der Waals surface area contributed by atoms with Crippen LogP contribution >= 0.6 is 0 Å². The van der Waals surface area contributed by atoms with Crippen LogP contribution in [0.1, 0.15) is 10.4 Å². The van der Waals surface area contributed by atoms with Gasteiger partial charge in [0.25, 0.3) is 11.5 Å². The van der Waals surface area contributed by atoms with Gasteiger partial charge in [0.05, 0.1) is 6.54 Å². The highest BCUT2D eigenvalue weighted by molar-refractivity contribution is 5.93. The first-order valence-electron chi connectivity index (χ1n) is 8.22. The van der Waals surface area contributed by atoms with E-state index >= 15 is 0 Å². The average molecular weight is 371 g/mol. The Labute approximate surface area is 153 Å². The van der Waals surface area contributed by atoms with E-state index in [0.29, 0.717) is 11.4 Å². The van der Waals surface area contributed by atoms with Gasteiger partial charge in [0.2, 0.25) is 0 Å². The molecule has 0 saturated carbocycles. The van der Waals surface area contributed by atoms with E-state index in [4.69, 9.17) is 0 Å². The van der Waals surface area contributed by atoms with Crippen molar-refractivity contribution in [1.29, 1.82) is 0 Å². The van der Waals surface area contributed by atoms with Crippen LogP contribution < -0.4 is 16.6 Å². The smallest absolute Gasteiger partial charge is 0.345 e. The highest BCUT2D eigenvalue weighted by Gasteiger charge is 2.14. The second kappa shape index (κ2) is 7.40. The Morgan fingerprint density at radius 3 is 2.56 bits per heavy atom. The maximum absolute atomic E-state index is 13.1. The largest absolute Gasteiger partial charge is 0.350 e. The number of halogens is 1. The molecule has 1 amide bonds. The molecule has 0 radical (unpaired) electrons. The molecule has 0 aliphatic carbocycles. The summed E-state index contributed by atoms with van der Waals surface area (Å²) in [4.78, 5) is 36.4. The quantitative estimate of drug-likeness (QED) is 0.708. The predicted molar refractivity (Wildman–Crippen MR) is 96.9 cm³/mol. The minimum absolute atomic E-state index is 0.0281. The van der Waals surface area contributed by atoms with Crippen LogP contribution in [0.15, 0.2) is 52.2 Å². The number of nitrogens with zero attached hydrogens (tertiary/aromatic N) is 4. The minimum Gasteiger partial charge on any atom is -0.350 e. The Hall–Kier alpha value is -3.49. The Morgan fingerprint density at radius 1 is 1.15 bits per heavy atom. The molecule has 3 aromatic rings. The van der Waals surface area contributed by atoms with Gasteiger partial charge in [-0.05, 0) is 36.4 Å². The van der Waals surface area contributed by atoms with Crippen molar-refractivity contribution >= 4 is 5.91 Å². The molecule has 3 rings (SSSR count). The fraction of sp³-hybridized carbons (Fsp3) is 0.222. The molecule has 0 aliphatic heterocycles. The number of aryl methyl sites for hydroxylation is 1. The summed E-state index contributed by atoms with van der Waals surface area (Å²) < 4.78 is 16.9. The summed E-state index contributed by atoms with van der Waals surface area (Å²) in [6.07, 6.45) is 1.56. The zero-order valence-corrected chi connectivity index (χ0v) is 14.8. The van der Waals surface area contributed by atoms with Crippen molar-refractivity contribution in [3.63, 3.8) is 0 Å². The molecule has 140 valence electrons. The van der Waals surface area contributed by atoms with Crippen molar-refractivity contribution in [3.05, 3.63) is 74.8 Å². The number of benzene rings is 1. The summed E-state index contributed by atoms with van der Waals surface area (Å²) in [5.41, 5.74) is -0.130. The summed E-state index contributed by atoms with van der Waals surface area (Å²) in [6.45, 7) is 0.253. The standard InChI is InChI=1S/C18H18FN5O3/c1-22-10-3-4-14(17(22)26)16(25)20-9-11-24-18(27)23(2)15(21-24)12-5-7-13(19)8-6-12/h3-8,10H,9,11H2,1-2H3,(H,20,25). The van der Waals surface area contributed by atoms with Crippen molar-refractivity contribution in [2.45, 2.75) is 6.54 Å². The number of rotatable bonds is 5. The van der Waals surface area contributed by atoms with Gasteiger partial charge in [-0.15, -0.1) is 5.10 Å². The minimum atomic E-state index is -0.515. The van der Waals surface area contributed by atoms with Gasteiger partial charge >= 0.3 is 5.69 Å². The highest BCUT2D eigenvalue weighted by atomic mass is 19.1. The zero-order chi connectivity index (χ0) is 19.6. The second-order valence-corrected chi connectivity index (χ2v) is 5.99. The van der Waals surface area contributed by atoms with Crippen LogP contribution in [-0.4, -0.2) is 31.4 Å². The number of carbonyl (C=O) groups excluding carboxylic acids is 1. The van der Waals surface area contributed by atoms with Gasteiger partial charge < -0.3 is 9.88 Å². The third kappa shape index (κ3) is 3.71. The van der Waals surface area contributed by atoms with Crippen molar-refractivity contribution in [3.8, 4) is 11.4 Å². The molecule has 0 fully saturated rings. The number of hydrogen-bond donors (Lipinski definition) is 1. The topological polar surface area (TPSA) is 90.9 Å². The average Bonchev–Trinajstić information content (AvgIpc) is 2.93. The SMILES string of the molecule is Cn1cccc(C(=O)NCCn2nc(-c3ccc(F)cc3)n(C)c2=O)c1=O. The molecule has 0 saturated heterocycles. The molecule has 2 aromatic heterocycles. The fourth-order valence-electron chi connectivity index (χ4n) is 2.62. The number of pyridine rings is 1. The zero-order valence-electron chi connectivity index (χ0n) is 14.8. The van der Waals surface area contributed by atoms with Crippen molar-refractivity contribution in [2.75, 3.05) is 6.54 Å². The number of hydrogen-bond acceptors (Lipinski definition) is 4. The summed E-state index contributed by atoms with van der Waals surface area (Å²) >= 11 is 0. The third-order valence-corrected chi connectivity index (χ3v) is 4.12. The van der Waals surface area contributed by atoms with E-state index in [1.165, 1.54) is 44.1 Å². The molecular formula is C18H18FN5O3. The van der Waals surface area contributed by atoms with Crippen LogP contribution in [0.25, 0.3) is 11.4 Å². The van der Waals surface area contributed by atoms with E-state index in [1.807, 2.05) is 0 Å². The van der Waals surface area contributed by atoms with Crippen LogP contribution in [0.4, 0.5) is 4.39 Å². The van der Waals surface area contributed by atoms with Gasteiger partial charge in [0, 0.05) is 32.4 Å². The van der Waals surface area contributed by atoms with Crippen LogP contribution in [-0.2, 0) is 20.6 Å². The molecule has 1 aromatic carbocycles. The normalized spacial score (nSPS) is 10.8. The van der Waals surface area contributed by atoms with Crippen molar-refractivity contribution in [1.82, 2.24) is 24.2 Å². The molecule has 0 aliphatic rings. The highest BCUT2D eigenvalue weighted by Crippen LogP contribution is 2.15. The lowest BCUT2D eigenvalue weighted by Crippen LogP contribution is -2.35. The van der Waals surface area contributed by atoms with E-state index in [-0.39, 0.29) is 30.2 Å². The van der Waals surface area contributed by atoms with Gasteiger partial charge in [0.15, 0.2) is 5.82 Å². The van der Waals surface area contributed by atoms with E-state index in [0.717, 1.165) is 0 Å². The van der Waals surface area contributed by atoms with Crippen LogP contribution in [0.5, 0.6) is 0 Å². The first-order chi connectivity index (χ1) is 12.9. The lowest BCUT2D eigenvalue weighted by atomic mass is 10.2. The molecule has 0 spiro atoms. The molecular weight excluding hydrogens is 353 g/mol. The van der Waals surface area contributed by atoms with Gasteiger partial charge in [-0.1, -0.05) is 0 Å². The predicted octanol–water partition coefficient (Wildman–Crippen LogP) is 0.517. The summed E-state index contributed by atoms with van der Waals surface area (Å²) in [7, 11) is 3.13. The van der Waals surface area contributed by atoms with Gasteiger partial charge in [-0.25, -0.2) is 13.9 Å². The van der Waals surface area contributed by atoms with Crippen molar-refractivity contribution < 1.29 is 9.18 Å². The second-order valence-electron chi connectivity index (χ2n) is 5.99. The lowest BCUT2D eigenvalue weighted by Gasteiger charge is -2.05. The van der Waals surface area contributed by atoms with E-state index in [1.54, 1.807) is 26.4 Å². The molecule has 1 N–H and O–H groups in total. The van der Waals surface area contributed by atoms with Crippen LogP contribution in [0.2, 0.25) is 0 Å². The Kier molecular flexibility index (Phi) is 5.02. The number of aromatic nitrogens is 4. The van der Waals surface area contributed by atoms with E-state index in [9.17, 15) is 18.8 Å². The van der Waals surface area contributed by atoms with Crippen molar-refractivity contribution in [2.24, 2.45) is 14.1 Å². The molecule has 27 heavy (non-hydrogen) atoms. The lowest BCUT2D eigenvalue weighted by molar-refractivity contribution is 0.0949. The Balaban J connectivity index is 1.72. The van der Waals surface area contributed by atoms with Gasteiger partial charge in [-0.3, -0.25) is 14.2 Å². The third-order valence-electron chi connectivity index (χ3n) is 4.12. The monoisotopic (exact) mass is 371 g/mol. The van der Waals surface area contributed by atoms with Crippen LogP contribution in [0, 0.1) is 5.82 Å². The Bertz CT molecular complexity index is 1100. The summed E-state index contributed by atoms with van der Waals surface area (Å²) in [5, 5.41) is 6.85.